The summed E-state index contributed by atoms with van der Waals surface area (Å²) >= 11 is 6.05. The van der Waals surface area contributed by atoms with E-state index in [2.05, 4.69) is 6.58 Å². The number of likely N-dealkylation sites (N-methyl/N-ethyl adjacent to an activating group) is 1. The number of benzene rings is 1. The largest absolute Gasteiger partial charge is 0.383 e. The third kappa shape index (κ3) is 3.91. The van der Waals surface area contributed by atoms with Gasteiger partial charge in [0, 0.05) is 31.8 Å². The molecule has 0 aromatic heterocycles. The molecule has 5 nitrogen and oxygen atoms in total. The lowest BCUT2D eigenvalue weighted by Crippen LogP contribution is -2.31. The third-order valence-corrected chi connectivity index (χ3v) is 5.38. The Morgan fingerprint density at radius 1 is 1.43 bits per heavy atom. The van der Waals surface area contributed by atoms with Gasteiger partial charge in [-0.3, -0.25) is 4.79 Å². The fourth-order valence-electron chi connectivity index (χ4n) is 1.69. The summed E-state index contributed by atoms with van der Waals surface area (Å²) in [4.78, 5) is 11.4. The lowest BCUT2D eigenvalue weighted by atomic mass is 10.0. The molecule has 1 rings (SSSR count). The first-order valence-electron chi connectivity index (χ1n) is 6.17. The molecule has 116 valence electrons. The standard InChI is InChI=1S/C14H18ClNO4S/c1-10(11(2)17)12-6-5-7-13(15)14(12)21(18,19)16(3)8-9-20-4/h5-7H,1,8-9H2,2-4H3. The minimum absolute atomic E-state index is 0.0548. The molecule has 0 bridgehead atoms. The highest BCUT2D eigenvalue weighted by Gasteiger charge is 2.28. The average Bonchev–Trinajstić information content (AvgIpc) is 2.42. The third-order valence-electron chi connectivity index (χ3n) is 3.00. The first kappa shape index (κ1) is 17.8. The van der Waals surface area contributed by atoms with E-state index in [4.69, 9.17) is 16.3 Å². The van der Waals surface area contributed by atoms with Gasteiger partial charge in [0.1, 0.15) is 4.90 Å². The number of carbonyl (C=O) groups excluding carboxylic acids is 1. The molecule has 0 aliphatic carbocycles. The normalized spacial score (nSPS) is 11.7. The van der Waals surface area contributed by atoms with Crippen molar-refractivity contribution < 1.29 is 17.9 Å². The predicted molar refractivity (Wildman–Crippen MR) is 82.9 cm³/mol. The van der Waals surface area contributed by atoms with Crippen LogP contribution in [0.2, 0.25) is 5.02 Å². The van der Waals surface area contributed by atoms with Gasteiger partial charge in [-0.1, -0.05) is 30.3 Å². The van der Waals surface area contributed by atoms with Crippen LogP contribution in [0.4, 0.5) is 0 Å². The van der Waals surface area contributed by atoms with Crippen LogP contribution in [0.1, 0.15) is 12.5 Å². The fourth-order valence-corrected chi connectivity index (χ4v) is 3.57. The number of nitrogens with zero attached hydrogens (tertiary/aromatic N) is 1. The number of hydrogen-bond acceptors (Lipinski definition) is 4. The molecular formula is C14H18ClNO4S. The smallest absolute Gasteiger partial charge is 0.245 e. The Kier molecular flexibility index (Phi) is 6.10. The van der Waals surface area contributed by atoms with Crippen LogP contribution in [-0.4, -0.2) is 45.8 Å². The summed E-state index contributed by atoms with van der Waals surface area (Å²) in [5.74, 6) is -0.312. The second-order valence-electron chi connectivity index (χ2n) is 4.47. The SMILES string of the molecule is C=C(C(C)=O)c1cccc(Cl)c1S(=O)(=O)N(C)CCOC. The van der Waals surface area contributed by atoms with Crippen LogP contribution in [0.5, 0.6) is 0 Å². The summed E-state index contributed by atoms with van der Waals surface area (Å²) in [6, 6.07) is 4.57. The van der Waals surface area contributed by atoms with Crippen molar-refractivity contribution in [1.29, 1.82) is 0 Å². The highest BCUT2D eigenvalue weighted by Crippen LogP contribution is 2.31. The van der Waals surface area contributed by atoms with E-state index in [0.29, 0.717) is 0 Å². The van der Waals surface area contributed by atoms with Crippen LogP contribution in [0.15, 0.2) is 29.7 Å². The van der Waals surface area contributed by atoms with Gasteiger partial charge in [-0.15, -0.1) is 0 Å². The molecule has 0 aliphatic heterocycles. The molecule has 1 aromatic rings. The van der Waals surface area contributed by atoms with Crippen LogP contribution in [0.3, 0.4) is 0 Å². The molecular weight excluding hydrogens is 314 g/mol. The number of hydrogen-bond donors (Lipinski definition) is 0. The van der Waals surface area contributed by atoms with Gasteiger partial charge in [0.2, 0.25) is 10.0 Å². The number of ether oxygens (including phenoxy) is 1. The lowest BCUT2D eigenvalue weighted by Gasteiger charge is -2.20. The molecule has 0 amide bonds. The van der Waals surface area contributed by atoms with Gasteiger partial charge in [0.05, 0.1) is 11.6 Å². The minimum Gasteiger partial charge on any atom is -0.383 e. The number of rotatable bonds is 7. The molecule has 0 saturated heterocycles. The van der Waals surface area contributed by atoms with Crippen molar-refractivity contribution in [3.8, 4) is 0 Å². The molecule has 21 heavy (non-hydrogen) atoms. The van der Waals surface area contributed by atoms with Crippen molar-refractivity contribution in [2.45, 2.75) is 11.8 Å². The molecule has 0 unspecified atom stereocenters. The van der Waals surface area contributed by atoms with Crippen LogP contribution in [0.25, 0.3) is 5.57 Å². The maximum atomic E-state index is 12.6. The van der Waals surface area contributed by atoms with Gasteiger partial charge in [0.25, 0.3) is 0 Å². The Morgan fingerprint density at radius 2 is 2.05 bits per heavy atom. The fraction of sp³-hybridized carbons (Fsp3) is 0.357. The monoisotopic (exact) mass is 331 g/mol. The molecule has 0 spiro atoms. The van der Waals surface area contributed by atoms with Crippen molar-refractivity contribution in [3.05, 3.63) is 35.4 Å². The zero-order valence-corrected chi connectivity index (χ0v) is 13.8. The molecule has 0 heterocycles. The first-order chi connectivity index (χ1) is 9.73. The molecule has 0 aliphatic rings. The Bertz CT molecular complexity index is 655. The van der Waals surface area contributed by atoms with Gasteiger partial charge in [-0.2, -0.15) is 4.31 Å². The lowest BCUT2D eigenvalue weighted by molar-refractivity contribution is -0.111. The molecule has 0 saturated carbocycles. The van der Waals surface area contributed by atoms with Crippen molar-refractivity contribution in [2.24, 2.45) is 0 Å². The quantitative estimate of drug-likeness (QED) is 0.719. The number of ketones is 1. The van der Waals surface area contributed by atoms with Crippen molar-refractivity contribution >= 4 is 33.0 Å². The predicted octanol–water partition coefficient (Wildman–Crippen LogP) is 2.21. The average molecular weight is 332 g/mol. The molecule has 0 radical (unpaired) electrons. The highest BCUT2D eigenvalue weighted by atomic mass is 35.5. The van der Waals surface area contributed by atoms with E-state index in [1.54, 1.807) is 6.07 Å². The van der Waals surface area contributed by atoms with Gasteiger partial charge in [-0.25, -0.2) is 8.42 Å². The molecule has 1 aromatic carbocycles. The summed E-state index contributed by atoms with van der Waals surface area (Å²) in [5.41, 5.74) is 0.329. The van der Waals surface area contributed by atoms with Crippen LogP contribution >= 0.6 is 11.6 Å². The summed E-state index contributed by atoms with van der Waals surface area (Å²) in [6.07, 6.45) is 0. The minimum atomic E-state index is -3.84. The molecule has 0 atom stereocenters. The van der Waals surface area contributed by atoms with E-state index in [1.165, 1.54) is 33.2 Å². The number of Topliss-reactive ketones (excluding diaryl/α,β-unsaturated/α-hetero) is 1. The summed E-state index contributed by atoms with van der Waals surface area (Å²) in [6.45, 7) is 5.40. The Hall–Kier alpha value is -1.21. The van der Waals surface area contributed by atoms with Crippen LogP contribution in [-0.2, 0) is 19.6 Å². The zero-order valence-electron chi connectivity index (χ0n) is 12.2. The van der Waals surface area contributed by atoms with Crippen LogP contribution in [0, 0.1) is 0 Å². The summed E-state index contributed by atoms with van der Waals surface area (Å²) in [5, 5.41) is 0.0548. The van der Waals surface area contributed by atoms with Crippen molar-refractivity contribution in [3.63, 3.8) is 0 Å². The first-order valence-corrected chi connectivity index (χ1v) is 7.99. The Labute approximate surface area is 130 Å². The van der Waals surface area contributed by atoms with E-state index in [1.807, 2.05) is 0 Å². The highest BCUT2D eigenvalue weighted by molar-refractivity contribution is 7.89. The van der Waals surface area contributed by atoms with Crippen molar-refractivity contribution in [2.75, 3.05) is 27.3 Å². The second-order valence-corrected chi connectivity index (χ2v) is 6.86. The molecule has 0 fully saturated rings. The Morgan fingerprint density at radius 3 is 2.57 bits per heavy atom. The molecule has 0 N–H and O–H groups in total. The second kappa shape index (κ2) is 7.17. The van der Waals surface area contributed by atoms with E-state index < -0.39 is 10.0 Å². The van der Waals surface area contributed by atoms with E-state index >= 15 is 0 Å². The zero-order chi connectivity index (χ0) is 16.2. The van der Waals surface area contributed by atoms with Gasteiger partial charge >= 0.3 is 0 Å². The number of halogens is 1. The number of carbonyl (C=O) groups is 1. The van der Waals surface area contributed by atoms with E-state index in [9.17, 15) is 13.2 Å². The summed E-state index contributed by atoms with van der Waals surface area (Å²) in [7, 11) is -0.929. The number of sulfonamides is 1. The number of methoxy groups -OCH3 is 1. The van der Waals surface area contributed by atoms with Gasteiger partial charge < -0.3 is 4.74 Å². The van der Waals surface area contributed by atoms with Crippen molar-refractivity contribution in [1.82, 2.24) is 4.31 Å². The van der Waals surface area contributed by atoms with E-state index in [-0.39, 0.29) is 40.0 Å². The molecule has 7 heteroatoms. The topological polar surface area (TPSA) is 63.7 Å². The maximum Gasteiger partial charge on any atom is 0.245 e. The van der Waals surface area contributed by atoms with E-state index in [0.717, 1.165) is 4.31 Å². The van der Waals surface area contributed by atoms with Gasteiger partial charge in [-0.05, 0) is 13.0 Å². The number of allylic oxidation sites excluding steroid dienone is 1. The maximum absolute atomic E-state index is 12.6. The van der Waals surface area contributed by atoms with Crippen LogP contribution < -0.4 is 0 Å². The Balaban J connectivity index is 3.41. The summed E-state index contributed by atoms with van der Waals surface area (Å²) < 4.78 is 31.3. The van der Waals surface area contributed by atoms with Gasteiger partial charge in [0.15, 0.2) is 5.78 Å².